The Hall–Kier alpha value is -4.75. The van der Waals surface area contributed by atoms with Gasteiger partial charge in [0.2, 0.25) is 12.4 Å². The minimum atomic E-state index is -2.47. The molecule has 2 saturated heterocycles. The Morgan fingerprint density at radius 3 is 2.35 bits per heavy atom. The summed E-state index contributed by atoms with van der Waals surface area (Å²) in [6, 6.07) is -1.54. The molecule has 0 aromatic rings. The molecule has 402 valence electrons. The zero-order valence-corrected chi connectivity index (χ0v) is 44.0. The number of rotatable bonds is 10. The second kappa shape index (κ2) is 28.6. The van der Waals surface area contributed by atoms with Crippen molar-refractivity contribution in [2.75, 3.05) is 34.5 Å². The fraction of sp³-hybridized carbons (Fsp3) is 0.736. The van der Waals surface area contributed by atoms with Crippen LogP contribution >= 0.6 is 0 Å². The van der Waals surface area contributed by atoms with Gasteiger partial charge in [-0.3, -0.25) is 14.4 Å². The highest BCUT2D eigenvalue weighted by atomic mass is 16.6. The highest BCUT2D eigenvalue weighted by Gasteiger charge is 2.53. The molecule has 0 aromatic heterocycles. The van der Waals surface area contributed by atoms with Crippen molar-refractivity contribution in [3.8, 4) is 0 Å². The molecule has 3 aliphatic heterocycles. The quantitative estimate of drug-likeness (QED) is 0.0367. The number of carbonyl (C=O) groups is 5. The molecule has 19 heteroatoms. The van der Waals surface area contributed by atoms with Crippen LogP contribution < -0.4 is 0 Å². The summed E-state index contributed by atoms with van der Waals surface area (Å²) in [6.07, 6.45) is 11.3. The Bertz CT molecular complexity index is 2070. The van der Waals surface area contributed by atoms with Gasteiger partial charge in [-0.25, -0.2) is 9.59 Å². The SMILES string of the molecule is CO[C@H]1C[C@@H]2CC[C@@H](C)[C@@](O)(O2)C(=O)C(=O)N2CCCC[C@H]2C(=O)O[C@H]([C@H](C)C[C@@H]2CC[C@H](N=[N+]=[N-])[C@H](OC)C2)CC(=NOCC(=O)O)[C@H](C)/C=C(\C)[C@@H](O)[C@@H](OC)C(=O)[C@H](C)C[C@H](C)/C=C/C=C/C=C/1C. The van der Waals surface area contributed by atoms with Crippen LogP contribution in [0.4, 0.5) is 0 Å². The number of cyclic esters (lactones) is 1. The Labute approximate surface area is 425 Å². The molecule has 1 aliphatic carbocycles. The minimum absolute atomic E-state index is 0.0177. The number of Topliss-reactive ketones (excluding diaryl/α,β-unsaturated/α-hetero) is 2. The number of ether oxygens (including phenoxy) is 5. The van der Waals surface area contributed by atoms with Gasteiger partial charge in [-0.15, -0.1) is 0 Å². The number of aliphatic hydroxyl groups excluding tert-OH is 1. The molecule has 0 aromatic carbocycles. The zero-order chi connectivity index (χ0) is 53.3. The van der Waals surface area contributed by atoms with Crippen LogP contribution in [-0.2, 0) is 52.5 Å². The number of amides is 1. The lowest BCUT2D eigenvalue weighted by Crippen LogP contribution is -2.61. The van der Waals surface area contributed by atoms with Crippen LogP contribution in [0.2, 0.25) is 0 Å². The lowest BCUT2D eigenvalue weighted by atomic mass is 9.77. The smallest absolute Gasteiger partial charge is 0.344 e. The molecule has 0 spiro atoms. The summed E-state index contributed by atoms with van der Waals surface area (Å²) in [5.41, 5.74) is 10.7. The first-order valence-electron chi connectivity index (χ1n) is 25.6. The van der Waals surface area contributed by atoms with Gasteiger partial charge in [0.05, 0.1) is 30.1 Å². The molecule has 19 nitrogen and oxygen atoms in total. The van der Waals surface area contributed by atoms with Gasteiger partial charge in [0, 0.05) is 63.4 Å². The van der Waals surface area contributed by atoms with E-state index >= 15 is 0 Å². The number of piperidine rings is 1. The summed E-state index contributed by atoms with van der Waals surface area (Å²) in [7, 11) is 4.49. The molecular formula is C53H81N5O14. The van der Waals surface area contributed by atoms with Crippen molar-refractivity contribution < 1.29 is 67.8 Å². The van der Waals surface area contributed by atoms with Crippen LogP contribution in [0.25, 0.3) is 10.4 Å². The summed E-state index contributed by atoms with van der Waals surface area (Å²) < 4.78 is 29.8. The number of esters is 1. The summed E-state index contributed by atoms with van der Waals surface area (Å²) >= 11 is 0. The number of nitrogens with zero attached hydrogens (tertiary/aromatic N) is 5. The van der Waals surface area contributed by atoms with Gasteiger partial charge >= 0.3 is 11.9 Å². The number of ketones is 2. The van der Waals surface area contributed by atoms with Gasteiger partial charge in [-0.2, -0.15) is 0 Å². The summed E-state index contributed by atoms with van der Waals surface area (Å²) in [4.78, 5) is 78.5. The Morgan fingerprint density at radius 2 is 1.68 bits per heavy atom. The van der Waals surface area contributed by atoms with Crippen molar-refractivity contribution in [2.24, 2.45) is 45.8 Å². The van der Waals surface area contributed by atoms with Gasteiger partial charge in [0.1, 0.15) is 24.4 Å². The lowest BCUT2D eigenvalue weighted by molar-refractivity contribution is -0.265. The third-order valence-electron chi connectivity index (χ3n) is 15.1. The van der Waals surface area contributed by atoms with E-state index in [9.17, 15) is 44.8 Å². The number of aliphatic carboxylic acids is 1. The summed E-state index contributed by atoms with van der Waals surface area (Å²) in [5, 5.41) is 41.4. The predicted molar refractivity (Wildman–Crippen MR) is 268 cm³/mol. The maximum absolute atomic E-state index is 14.7. The first kappa shape index (κ1) is 59.8. The predicted octanol–water partition coefficient (Wildman–Crippen LogP) is 7.39. The molecule has 0 unspecified atom stereocenters. The monoisotopic (exact) mass is 1010 g/mol. The zero-order valence-electron chi connectivity index (χ0n) is 44.0. The van der Waals surface area contributed by atoms with Crippen LogP contribution in [0.1, 0.15) is 126 Å². The number of methoxy groups -OCH3 is 3. The van der Waals surface area contributed by atoms with Crippen molar-refractivity contribution in [2.45, 2.75) is 180 Å². The molecule has 3 fully saturated rings. The number of hydrogen-bond donors (Lipinski definition) is 3. The Morgan fingerprint density at radius 1 is 0.944 bits per heavy atom. The van der Waals surface area contributed by atoms with Gasteiger partial charge in [-0.05, 0) is 112 Å². The van der Waals surface area contributed by atoms with Gasteiger partial charge in [0.25, 0.3) is 11.7 Å². The minimum Gasteiger partial charge on any atom is -0.479 e. The molecular weight excluding hydrogens is 931 g/mol. The van der Waals surface area contributed by atoms with E-state index in [1.165, 1.54) is 12.0 Å². The third kappa shape index (κ3) is 16.4. The maximum atomic E-state index is 14.7. The van der Waals surface area contributed by atoms with E-state index in [4.69, 9.17) is 28.5 Å². The van der Waals surface area contributed by atoms with Crippen LogP contribution in [0, 0.1) is 35.5 Å². The molecule has 3 heterocycles. The first-order valence-corrected chi connectivity index (χ1v) is 25.6. The number of hydrogen-bond acceptors (Lipinski definition) is 15. The average Bonchev–Trinajstić information content (AvgIpc) is 3.35. The molecule has 0 radical (unpaired) electrons. The number of oxime groups is 1. The largest absolute Gasteiger partial charge is 0.479 e. The second-order valence-electron chi connectivity index (χ2n) is 20.6. The van der Waals surface area contributed by atoms with Crippen LogP contribution in [-0.4, -0.2) is 144 Å². The maximum Gasteiger partial charge on any atom is 0.344 e. The number of aliphatic hydroxyl groups is 2. The number of carbonyl (C=O) groups excluding carboxylic acids is 4. The van der Waals surface area contributed by atoms with Crippen molar-refractivity contribution in [3.05, 3.63) is 58.0 Å². The number of carboxylic acids is 1. The molecule has 1 saturated carbocycles. The fourth-order valence-corrected chi connectivity index (χ4v) is 10.6. The number of carboxylic acid groups (broad SMARTS) is 1. The molecule has 4 rings (SSSR count). The molecule has 1 amide bonds. The van der Waals surface area contributed by atoms with Crippen LogP contribution in [0.15, 0.2) is 57.9 Å². The Kier molecular flexibility index (Phi) is 23.8. The molecule has 2 bridgehead atoms. The summed E-state index contributed by atoms with van der Waals surface area (Å²) in [6.45, 7) is 11.9. The molecule has 4 aliphatic rings. The van der Waals surface area contributed by atoms with E-state index in [1.54, 1.807) is 48.0 Å². The van der Waals surface area contributed by atoms with E-state index in [0.29, 0.717) is 69.8 Å². The fourth-order valence-electron chi connectivity index (χ4n) is 10.6. The number of azide groups is 1. The van der Waals surface area contributed by atoms with E-state index in [2.05, 4.69) is 15.2 Å². The molecule has 3 N–H and O–H groups in total. The van der Waals surface area contributed by atoms with Crippen LogP contribution in [0.3, 0.4) is 0 Å². The van der Waals surface area contributed by atoms with Crippen molar-refractivity contribution in [1.29, 1.82) is 0 Å². The second-order valence-corrected chi connectivity index (χ2v) is 20.6. The number of allylic oxidation sites excluding steroid dienone is 6. The first-order chi connectivity index (χ1) is 34.2. The van der Waals surface area contributed by atoms with Crippen molar-refractivity contribution in [1.82, 2.24) is 4.90 Å². The van der Waals surface area contributed by atoms with Gasteiger partial charge in [-0.1, -0.05) is 81.3 Å². The normalized spacial score (nSPS) is 37.9. The van der Waals surface area contributed by atoms with Gasteiger partial charge in [0.15, 0.2) is 5.78 Å². The third-order valence-corrected chi connectivity index (χ3v) is 15.1. The number of fused-ring (bicyclic) bond motifs is 3. The topological polar surface area (TPSA) is 266 Å². The highest BCUT2D eigenvalue weighted by molar-refractivity contribution is 6.39. The molecule has 15 atom stereocenters. The highest BCUT2D eigenvalue weighted by Crippen LogP contribution is 2.38. The molecule has 72 heavy (non-hydrogen) atoms. The summed E-state index contributed by atoms with van der Waals surface area (Å²) in [5.74, 6) is -9.31. The van der Waals surface area contributed by atoms with E-state index in [1.807, 2.05) is 51.2 Å². The van der Waals surface area contributed by atoms with E-state index < -0.39 is 96.3 Å². The van der Waals surface area contributed by atoms with Gasteiger partial charge < -0.3 is 48.7 Å². The standard InChI is InChI=1S/C53H81N5O14/c1-31-16-12-11-13-17-32(2)43(67-8)28-39-21-19-37(7)53(66,72-39)50(63)51(64)58-23-15-14-18-42(58)52(65)71-44(34(4)26-38-20-22-40(55-57-54)45(27-38)68-9)29-41(56-70-30-46(59)60)33(3)25-36(6)48(62)49(69-10)47(61)35(5)24-31/h11-13,16-17,25,31,33-35,37-40,42-45,48-49,62,66H,14-15,18-24,26-30H2,1-10H3,(H,59,60)/b13-11+,16-12+,32-17+,36-25+,56-41?/t31-,33-,34-,35-,37-,38+,39+,40+,42+,43+,44+,45-,48-,49+,53-/m1/s1. The van der Waals surface area contributed by atoms with Crippen molar-refractivity contribution >= 4 is 35.1 Å². The van der Waals surface area contributed by atoms with E-state index in [-0.39, 0.29) is 54.9 Å². The van der Waals surface area contributed by atoms with Crippen LogP contribution in [0.5, 0.6) is 0 Å². The lowest BCUT2D eigenvalue weighted by Gasteiger charge is -2.42. The Balaban J connectivity index is 1.80. The van der Waals surface area contributed by atoms with E-state index in [0.717, 1.165) is 5.57 Å². The average molecular weight is 1010 g/mol. The van der Waals surface area contributed by atoms with Crippen molar-refractivity contribution in [3.63, 3.8) is 0 Å².